The quantitative estimate of drug-likeness (QED) is 0.821. The lowest BCUT2D eigenvalue weighted by Gasteiger charge is -2.35. The highest BCUT2D eigenvalue weighted by Crippen LogP contribution is 2.38. The molecule has 2 unspecified atom stereocenters. The number of hydrogen-bond acceptors (Lipinski definition) is 3. The van der Waals surface area contributed by atoms with Crippen molar-refractivity contribution in [2.75, 3.05) is 7.05 Å². The van der Waals surface area contributed by atoms with E-state index in [1.807, 2.05) is 0 Å². The lowest BCUT2D eigenvalue weighted by molar-refractivity contribution is -0.124. The smallest absolute Gasteiger partial charge is 0.140 e. The van der Waals surface area contributed by atoms with Crippen molar-refractivity contribution in [3.05, 3.63) is 22.4 Å². The Labute approximate surface area is 107 Å². The second-order valence-electron chi connectivity index (χ2n) is 5.49. The summed E-state index contributed by atoms with van der Waals surface area (Å²) in [4.78, 5) is 14.8. The van der Waals surface area contributed by atoms with Gasteiger partial charge in [-0.25, -0.2) is 0 Å². The molecular formula is C14H19NOS. The van der Waals surface area contributed by atoms with Crippen LogP contribution in [0.4, 0.5) is 0 Å². The van der Waals surface area contributed by atoms with E-state index in [2.05, 4.69) is 28.8 Å². The molecule has 2 aliphatic rings. The van der Waals surface area contributed by atoms with Crippen LogP contribution in [0.1, 0.15) is 31.2 Å². The summed E-state index contributed by atoms with van der Waals surface area (Å²) >= 11 is 1.68. The van der Waals surface area contributed by atoms with E-state index in [1.54, 1.807) is 11.3 Å². The number of thiophene rings is 1. The molecule has 1 aromatic rings. The van der Waals surface area contributed by atoms with Crippen LogP contribution in [0, 0.1) is 5.92 Å². The number of hydrogen-bond donors (Lipinski definition) is 0. The van der Waals surface area contributed by atoms with Gasteiger partial charge in [0.1, 0.15) is 5.78 Å². The standard InChI is InChI=1S/C14H19NOS/c1-15-12-2-3-13(15)8-11(7-12)14(16)6-10-4-5-17-9-10/h4-5,9,11-13H,2-3,6-8H2,1H3. The fraction of sp³-hybridized carbons (Fsp3) is 0.643. The third kappa shape index (κ3) is 2.18. The minimum atomic E-state index is 0.323. The molecule has 0 amide bonds. The molecule has 1 aromatic heterocycles. The Bertz CT molecular complexity index is 386. The van der Waals surface area contributed by atoms with E-state index in [1.165, 1.54) is 18.4 Å². The highest BCUT2D eigenvalue weighted by molar-refractivity contribution is 7.07. The van der Waals surface area contributed by atoms with E-state index in [9.17, 15) is 4.79 Å². The van der Waals surface area contributed by atoms with Gasteiger partial charge in [-0.2, -0.15) is 11.3 Å². The first-order chi connectivity index (χ1) is 8.24. The minimum Gasteiger partial charge on any atom is -0.300 e. The SMILES string of the molecule is CN1C2CCC1CC(C(=O)Cc1ccsc1)C2. The fourth-order valence-corrected chi connectivity index (χ4v) is 4.08. The van der Waals surface area contributed by atoms with Gasteiger partial charge in [0.2, 0.25) is 0 Å². The molecular weight excluding hydrogens is 230 g/mol. The summed E-state index contributed by atoms with van der Waals surface area (Å²) in [6.45, 7) is 0. The van der Waals surface area contributed by atoms with Gasteiger partial charge in [0.15, 0.2) is 0 Å². The summed E-state index contributed by atoms with van der Waals surface area (Å²) in [5.41, 5.74) is 1.20. The van der Waals surface area contributed by atoms with Gasteiger partial charge in [0.25, 0.3) is 0 Å². The van der Waals surface area contributed by atoms with Crippen LogP contribution in [-0.4, -0.2) is 29.8 Å². The molecule has 92 valence electrons. The molecule has 2 aliphatic heterocycles. The molecule has 2 bridgehead atoms. The van der Waals surface area contributed by atoms with Crippen molar-refractivity contribution >= 4 is 17.1 Å². The highest BCUT2D eigenvalue weighted by atomic mass is 32.1. The lowest BCUT2D eigenvalue weighted by atomic mass is 9.86. The zero-order valence-corrected chi connectivity index (χ0v) is 11.1. The van der Waals surface area contributed by atoms with Gasteiger partial charge >= 0.3 is 0 Å². The molecule has 2 atom stereocenters. The van der Waals surface area contributed by atoms with E-state index in [4.69, 9.17) is 0 Å². The zero-order valence-electron chi connectivity index (χ0n) is 10.3. The van der Waals surface area contributed by atoms with E-state index in [0.717, 1.165) is 12.8 Å². The van der Waals surface area contributed by atoms with Gasteiger partial charge in [-0.05, 0) is 55.1 Å². The lowest BCUT2D eigenvalue weighted by Crippen LogP contribution is -2.42. The molecule has 3 heteroatoms. The molecule has 0 radical (unpaired) electrons. The third-order valence-electron chi connectivity index (χ3n) is 4.51. The summed E-state index contributed by atoms with van der Waals surface area (Å²) in [5, 5.41) is 4.16. The van der Waals surface area contributed by atoms with Crippen molar-refractivity contribution in [2.45, 2.75) is 44.2 Å². The van der Waals surface area contributed by atoms with Crippen LogP contribution in [0.15, 0.2) is 16.8 Å². The Morgan fingerprint density at radius 2 is 2.12 bits per heavy atom. The largest absolute Gasteiger partial charge is 0.300 e. The first-order valence-electron chi connectivity index (χ1n) is 6.50. The number of piperidine rings is 1. The van der Waals surface area contributed by atoms with Crippen molar-refractivity contribution < 1.29 is 4.79 Å². The fourth-order valence-electron chi connectivity index (χ4n) is 3.41. The topological polar surface area (TPSA) is 20.3 Å². The maximum Gasteiger partial charge on any atom is 0.140 e. The number of carbonyl (C=O) groups is 1. The van der Waals surface area contributed by atoms with Crippen molar-refractivity contribution in [3.8, 4) is 0 Å². The van der Waals surface area contributed by atoms with Crippen LogP contribution in [0.2, 0.25) is 0 Å². The van der Waals surface area contributed by atoms with Gasteiger partial charge < -0.3 is 4.90 Å². The van der Waals surface area contributed by atoms with Crippen LogP contribution >= 0.6 is 11.3 Å². The van der Waals surface area contributed by atoms with Crippen LogP contribution < -0.4 is 0 Å². The highest BCUT2D eigenvalue weighted by Gasteiger charge is 2.40. The molecule has 0 saturated carbocycles. The summed E-state index contributed by atoms with van der Waals surface area (Å²) < 4.78 is 0. The molecule has 2 saturated heterocycles. The summed E-state index contributed by atoms with van der Waals surface area (Å²) in [7, 11) is 2.22. The van der Waals surface area contributed by atoms with Crippen LogP contribution in [-0.2, 0) is 11.2 Å². The average Bonchev–Trinajstić information content (AvgIpc) is 2.86. The minimum absolute atomic E-state index is 0.323. The number of fused-ring (bicyclic) bond motifs is 2. The number of ketones is 1. The third-order valence-corrected chi connectivity index (χ3v) is 5.24. The predicted octanol–water partition coefficient (Wildman–Crippen LogP) is 2.73. The summed E-state index contributed by atoms with van der Waals surface area (Å²) in [6, 6.07) is 3.42. The molecule has 17 heavy (non-hydrogen) atoms. The summed E-state index contributed by atoms with van der Waals surface area (Å²) in [5.74, 6) is 0.789. The first kappa shape index (κ1) is 11.4. The molecule has 2 fully saturated rings. The molecule has 2 nitrogen and oxygen atoms in total. The second kappa shape index (κ2) is 4.54. The Balaban J connectivity index is 1.64. The Hall–Kier alpha value is -0.670. The molecule has 3 rings (SSSR count). The van der Waals surface area contributed by atoms with Crippen molar-refractivity contribution in [2.24, 2.45) is 5.92 Å². The second-order valence-corrected chi connectivity index (χ2v) is 6.27. The number of carbonyl (C=O) groups excluding carboxylic acids is 1. The van der Waals surface area contributed by atoms with E-state index in [0.29, 0.717) is 30.2 Å². The Kier molecular flexibility index (Phi) is 3.05. The Morgan fingerprint density at radius 1 is 1.41 bits per heavy atom. The predicted molar refractivity (Wildman–Crippen MR) is 70.3 cm³/mol. The zero-order chi connectivity index (χ0) is 11.8. The number of rotatable bonds is 3. The average molecular weight is 249 g/mol. The maximum absolute atomic E-state index is 12.3. The van der Waals surface area contributed by atoms with Gasteiger partial charge in [-0.3, -0.25) is 4.79 Å². The summed E-state index contributed by atoms with van der Waals surface area (Å²) in [6.07, 6.45) is 5.43. The van der Waals surface area contributed by atoms with Crippen molar-refractivity contribution in [1.82, 2.24) is 4.90 Å². The van der Waals surface area contributed by atoms with E-state index < -0.39 is 0 Å². The number of Topliss-reactive ketones (excluding diaryl/α,β-unsaturated/α-hetero) is 1. The van der Waals surface area contributed by atoms with Gasteiger partial charge in [-0.1, -0.05) is 0 Å². The molecule has 0 N–H and O–H groups in total. The van der Waals surface area contributed by atoms with E-state index in [-0.39, 0.29) is 0 Å². The van der Waals surface area contributed by atoms with Crippen LogP contribution in [0.3, 0.4) is 0 Å². The van der Waals surface area contributed by atoms with Gasteiger partial charge in [0, 0.05) is 24.4 Å². The number of nitrogens with zero attached hydrogens (tertiary/aromatic N) is 1. The normalized spacial score (nSPS) is 32.9. The monoisotopic (exact) mass is 249 g/mol. The van der Waals surface area contributed by atoms with Crippen molar-refractivity contribution in [3.63, 3.8) is 0 Å². The molecule has 0 aliphatic carbocycles. The van der Waals surface area contributed by atoms with Gasteiger partial charge in [-0.15, -0.1) is 0 Å². The molecule has 0 spiro atoms. The Morgan fingerprint density at radius 3 is 2.71 bits per heavy atom. The maximum atomic E-state index is 12.3. The molecule has 0 aromatic carbocycles. The van der Waals surface area contributed by atoms with E-state index >= 15 is 0 Å². The van der Waals surface area contributed by atoms with Crippen molar-refractivity contribution in [1.29, 1.82) is 0 Å². The van der Waals surface area contributed by atoms with Crippen LogP contribution in [0.25, 0.3) is 0 Å². The first-order valence-corrected chi connectivity index (χ1v) is 7.44. The van der Waals surface area contributed by atoms with Crippen LogP contribution in [0.5, 0.6) is 0 Å². The van der Waals surface area contributed by atoms with Gasteiger partial charge in [0.05, 0.1) is 0 Å². The molecule has 3 heterocycles.